The van der Waals surface area contributed by atoms with Gasteiger partial charge in [-0.1, -0.05) is 25.5 Å². The molecule has 2 amide bonds. The van der Waals surface area contributed by atoms with Crippen molar-refractivity contribution in [3.05, 3.63) is 41.0 Å². The van der Waals surface area contributed by atoms with Crippen LogP contribution in [0.2, 0.25) is 0 Å². The zero-order valence-corrected chi connectivity index (χ0v) is 12.9. The molecule has 0 spiro atoms. The monoisotopic (exact) mass is 298 g/mol. The third-order valence-electron chi connectivity index (χ3n) is 4.53. The van der Waals surface area contributed by atoms with Gasteiger partial charge in [-0.2, -0.15) is 0 Å². The Balaban J connectivity index is 1.69. The molecule has 2 N–H and O–H groups in total. The highest BCUT2D eigenvalue weighted by Crippen LogP contribution is 2.32. The van der Waals surface area contributed by atoms with Crippen molar-refractivity contribution in [2.24, 2.45) is 0 Å². The smallest absolute Gasteiger partial charge is 0.248 e. The molecular formula is C18H22N2O2. The summed E-state index contributed by atoms with van der Waals surface area (Å²) in [6, 6.07) is 8.01. The van der Waals surface area contributed by atoms with Gasteiger partial charge in [0.05, 0.1) is 12.5 Å². The van der Waals surface area contributed by atoms with Crippen LogP contribution in [0.4, 0.5) is 5.69 Å². The maximum absolute atomic E-state index is 12.3. The standard InChI is InChI=1S/C18H22N2O2/c1-2-12-6-5-7-13(10-12)19-17(21)11-15-14-8-3-4-9-16(14)20-18(15)22/h5-7,10,16H,2-4,8-9,11H2,1H3,(H,19,21)(H,20,22). The number of carbonyl (C=O) groups is 2. The van der Waals surface area contributed by atoms with E-state index in [9.17, 15) is 9.59 Å². The molecule has 0 radical (unpaired) electrons. The van der Waals surface area contributed by atoms with Gasteiger partial charge in [0.15, 0.2) is 0 Å². The second-order valence-corrected chi connectivity index (χ2v) is 6.05. The van der Waals surface area contributed by atoms with Crippen LogP contribution in [-0.2, 0) is 16.0 Å². The fourth-order valence-electron chi connectivity index (χ4n) is 3.35. The first-order valence-electron chi connectivity index (χ1n) is 8.09. The molecule has 2 aliphatic rings. The fraction of sp³-hybridized carbons (Fsp3) is 0.444. The van der Waals surface area contributed by atoms with E-state index in [1.165, 1.54) is 5.56 Å². The maximum atomic E-state index is 12.3. The Morgan fingerprint density at radius 2 is 2.23 bits per heavy atom. The van der Waals surface area contributed by atoms with Crippen LogP contribution < -0.4 is 10.6 Å². The highest BCUT2D eigenvalue weighted by molar-refractivity contribution is 6.04. The summed E-state index contributed by atoms with van der Waals surface area (Å²) in [6.45, 7) is 2.08. The van der Waals surface area contributed by atoms with E-state index in [2.05, 4.69) is 17.6 Å². The molecule has 4 heteroatoms. The molecule has 1 aliphatic carbocycles. The Kier molecular flexibility index (Phi) is 4.27. The summed E-state index contributed by atoms with van der Waals surface area (Å²) in [6.07, 6.45) is 5.32. The zero-order chi connectivity index (χ0) is 15.5. The molecule has 3 rings (SSSR count). The van der Waals surface area contributed by atoms with E-state index in [4.69, 9.17) is 0 Å². The predicted molar refractivity (Wildman–Crippen MR) is 86.5 cm³/mol. The molecule has 1 saturated carbocycles. The van der Waals surface area contributed by atoms with Crippen LogP contribution in [0.1, 0.15) is 44.6 Å². The highest BCUT2D eigenvalue weighted by Gasteiger charge is 2.33. The van der Waals surface area contributed by atoms with Crippen molar-refractivity contribution in [2.75, 3.05) is 5.32 Å². The van der Waals surface area contributed by atoms with Gasteiger partial charge in [0, 0.05) is 11.3 Å². The molecule has 1 fully saturated rings. The SMILES string of the molecule is CCc1cccc(NC(=O)CC2=C3CCCCC3NC2=O)c1. The zero-order valence-electron chi connectivity index (χ0n) is 12.9. The number of benzene rings is 1. The molecular weight excluding hydrogens is 276 g/mol. The van der Waals surface area contributed by atoms with Crippen molar-refractivity contribution in [1.29, 1.82) is 0 Å². The Labute approximate surface area is 131 Å². The largest absolute Gasteiger partial charge is 0.346 e. The molecule has 1 unspecified atom stereocenters. The van der Waals surface area contributed by atoms with Gasteiger partial charge >= 0.3 is 0 Å². The van der Waals surface area contributed by atoms with E-state index in [1.807, 2.05) is 24.3 Å². The van der Waals surface area contributed by atoms with Crippen LogP contribution in [0.3, 0.4) is 0 Å². The van der Waals surface area contributed by atoms with Gasteiger partial charge in [0.25, 0.3) is 0 Å². The van der Waals surface area contributed by atoms with Crippen molar-refractivity contribution < 1.29 is 9.59 Å². The van der Waals surface area contributed by atoms with Gasteiger partial charge in [-0.3, -0.25) is 9.59 Å². The summed E-state index contributed by atoms with van der Waals surface area (Å²) < 4.78 is 0. The van der Waals surface area contributed by atoms with Gasteiger partial charge in [-0.05, 0) is 49.0 Å². The number of anilines is 1. The van der Waals surface area contributed by atoms with Gasteiger partial charge in [-0.25, -0.2) is 0 Å². The van der Waals surface area contributed by atoms with Crippen molar-refractivity contribution in [3.63, 3.8) is 0 Å². The van der Waals surface area contributed by atoms with Crippen molar-refractivity contribution in [2.45, 2.75) is 51.5 Å². The maximum Gasteiger partial charge on any atom is 0.248 e. The summed E-state index contributed by atoms with van der Waals surface area (Å²) in [4.78, 5) is 24.3. The minimum atomic E-state index is -0.114. The first kappa shape index (κ1) is 14.8. The minimum Gasteiger partial charge on any atom is -0.346 e. The van der Waals surface area contributed by atoms with Crippen LogP contribution >= 0.6 is 0 Å². The van der Waals surface area contributed by atoms with E-state index in [0.717, 1.165) is 43.4 Å². The van der Waals surface area contributed by atoms with Gasteiger partial charge in [0.2, 0.25) is 11.8 Å². The van der Waals surface area contributed by atoms with Gasteiger partial charge in [-0.15, -0.1) is 0 Å². The summed E-state index contributed by atoms with van der Waals surface area (Å²) in [5.41, 5.74) is 3.84. The van der Waals surface area contributed by atoms with Crippen LogP contribution in [0.5, 0.6) is 0 Å². The van der Waals surface area contributed by atoms with Crippen molar-refractivity contribution in [1.82, 2.24) is 5.32 Å². The number of rotatable bonds is 4. The molecule has 116 valence electrons. The molecule has 1 heterocycles. The molecule has 22 heavy (non-hydrogen) atoms. The quantitative estimate of drug-likeness (QED) is 0.898. The van der Waals surface area contributed by atoms with Crippen LogP contribution in [0.25, 0.3) is 0 Å². The number of aryl methyl sites for hydroxylation is 1. The number of nitrogens with one attached hydrogen (secondary N) is 2. The lowest BCUT2D eigenvalue weighted by atomic mass is 9.88. The molecule has 0 saturated heterocycles. The Hall–Kier alpha value is -2.10. The molecule has 1 aliphatic heterocycles. The molecule has 1 aromatic carbocycles. The van der Waals surface area contributed by atoms with Crippen molar-refractivity contribution >= 4 is 17.5 Å². The lowest BCUT2D eigenvalue weighted by Gasteiger charge is -2.20. The number of hydrogen-bond acceptors (Lipinski definition) is 2. The van der Waals surface area contributed by atoms with E-state index >= 15 is 0 Å². The van der Waals surface area contributed by atoms with Gasteiger partial charge in [0.1, 0.15) is 0 Å². The number of fused-ring (bicyclic) bond motifs is 1. The van der Waals surface area contributed by atoms with Crippen LogP contribution in [-0.4, -0.2) is 17.9 Å². The predicted octanol–water partition coefficient (Wildman–Crippen LogP) is 2.95. The third-order valence-corrected chi connectivity index (χ3v) is 4.53. The first-order valence-corrected chi connectivity index (χ1v) is 8.09. The van der Waals surface area contributed by atoms with E-state index < -0.39 is 0 Å². The Morgan fingerprint density at radius 3 is 3.05 bits per heavy atom. The number of hydrogen-bond donors (Lipinski definition) is 2. The molecule has 0 aromatic heterocycles. The van der Waals surface area contributed by atoms with Gasteiger partial charge < -0.3 is 10.6 Å². The number of carbonyl (C=O) groups excluding carboxylic acids is 2. The van der Waals surface area contributed by atoms with E-state index in [0.29, 0.717) is 5.57 Å². The second kappa shape index (κ2) is 6.34. The molecule has 1 aromatic rings. The second-order valence-electron chi connectivity index (χ2n) is 6.05. The molecule has 1 atom stereocenters. The van der Waals surface area contributed by atoms with Crippen LogP contribution in [0, 0.1) is 0 Å². The lowest BCUT2D eigenvalue weighted by Crippen LogP contribution is -2.30. The minimum absolute atomic E-state index is 0.0561. The Bertz CT molecular complexity index is 634. The average Bonchev–Trinajstić information content (AvgIpc) is 2.83. The average molecular weight is 298 g/mol. The third kappa shape index (κ3) is 3.06. The lowest BCUT2D eigenvalue weighted by molar-refractivity contribution is -0.120. The summed E-state index contributed by atoms with van der Waals surface area (Å²) in [5.74, 6) is -0.170. The Morgan fingerprint density at radius 1 is 1.36 bits per heavy atom. The summed E-state index contributed by atoms with van der Waals surface area (Å²) in [5, 5.41) is 5.91. The highest BCUT2D eigenvalue weighted by atomic mass is 16.2. The summed E-state index contributed by atoms with van der Waals surface area (Å²) >= 11 is 0. The fourth-order valence-corrected chi connectivity index (χ4v) is 3.35. The molecule has 0 bridgehead atoms. The topological polar surface area (TPSA) is 58.2 Å². The summed E-state index contributed by atoms with van der Waals surface area (Å²) in [7, 11) is 0. The van der Waals surface area contributed by atoms with E-state index in [1.54, 1.807) is 0 Å². The van der Waals surface area contributed by atoms with E-state index in [-0.39, 0.29) is 24.3 Å². The normalized spacial score (nSPS) is 20.6. The molecule has 4 nitrogen and oxygen atoms in total. The van der Waals surface area contributed by atoms with Crippen LogP contribution in [0.15, 0.2) is 35.4 Å². The van der Waals surface area contributed by atoms with Crippen molar-refractivity contribution in [3.8, 4) is 0 Å². The number of amides is 2. The first-order chi connectivity index (χ1) is 10.7.